The smallest absolute Gasteiger partial charge is 0.329 e. The molecule has 6 nitrogen and oxygen atoms in total. The average molecular weight is 332 g/mol. The summed E-state index contributed by atoms with van der Waals surface area (Å²) in [5, 5.41) is 10.9. The normalized spacial score (nSPS) is 9.95. The minimum atomic E-state index is -1.04. The Balaban J connectivity index is 2.11. The van der Waals surface area contributed by atoms with Gasteiger partial charge in [0.1, 0.15) is 12.4 Å². The topological polar surface area (TPSA) is 84.9 Å². The Hall–Kier alpha value is -1.60. The van der Waals surface area contributed by atoms with E-state index in [0.29, 0.717) is 5.75 Å². The van der Waals surface area contributed by atoms with Crippen molar-refractivity contribution in [2.45, 2.75) is 0 Å². The highest BCUT2D eigenvalue weighted by atomic mass is 79.9. The van der Waals surface area contributed by atoms with Crippen LogP contribution in [0.1, 0.15) is 0 Å². The standard InChI is InChI=1S/C12H14BrNO5/c13-9-1-3-10(4-2-9)19-7-11(15)14-5-6-18-8-12(16)17/h1-4H,5-8H2,(H,14,15)(H,16,17). The quantitative estimate of drug-likeness (QED) is 0.695. The molecule has 7 heteroatoms. The number of amides is 1. The number of hydrogen-bond acceptors (Lipinski definition) is 4. The van der Waals surface area contributed by atoms with Gasteiger partial charge in [-0.05, 0) is 24.3 Å². The molecule has 0 aliphatic rings. The fraction of sp³-hybridized carbons (Fsp3) is 0.333. The van der Waals surface area contributed by atoms with Gasteiger partial charge in [-0.25, -0.2) is 4.79 Å². The van der Waals surface area contributed by atoms with Crippen molar-refractivity contribution in [3.8, 4) is 5.75 Å². The number of hydrogen-bond donors (Lipinski definition) is 2. The average Bonchev–Trinajstić information content (AvgIpc) is 2.37. The number of ether oxygens (including phenoxy) is 2. The Morgan fingerprint density at radius 1 is 1.21 bits per heavy atom. The predicted octanol–water partition coefficient (Wildman–Crippen LogP) is 1.05. The van der Waals surface area contributed by atoms with E-state index in [1.807, 2.05) is 12.1 Å². The van der Waals surface area contributed by atoms with Crippen molar-refractivity contribution in [3.05, 3.63) is 28.7 Å². The van der Waals surface area contributed by atoms with Gasteiger partial charge in [0.25, 0.3) is 5.91 Å². The molecule has 0 atom stereocenters. The molecule has 19 heavy (non-hydrogen) atoms. The van der Waals surface area contributed by atoms with Gasteiger partial charge in [0.05, 0.1) is 6.61 Å². The molecule has 0 aromatic heterocycles. The molecule has 0 aliphatic carbocycles. The van der Waals surface area contributed by atoms with Crippen LogP contribution in [-0.2, 0) is 14.3 Å². The summed E-state index contributed by atoms with van der Waals surface area (Å²) in [7, 11) is 0. The fourth-order valence-electron chi connectivity index (χ4n) is 1.15. The van der Waals surface area contributed by atoms with Crippen molar-refractivity contribution in [1.29, 1.82) is 0 Å². The van der Waals surface area contributed by atoms with Gasteiger partial charge in [-0.3, -0.25) is 4.79 Å². The lowest BCUT2D eigenvalue weighted by molar-refractivity contribution is -0.142. The molecule has 0 saturated heterocycles. The Bertz CT molecular complexity index is 421. The van der Waals surface area contributed by atoms with Gasteiger partial charge < -0.3 is 19.9 Å². The highest BCUT2D eigenvalue weighted by Gasteiger charge is 2.02. The first-order valence-electron chi connectivity index (χ1n) is 5.52. The maximum Gasteiger partial charge on any atom is 0.329 e. The third kappa shape index (κ3) is 7.43. The van der Waals surface area contributed by atoms with Crippen LogP contribution in [0, 0.1) is 0 Å². The van der Waals surface area contributed by atoms with E-state index in [0.717, 1.165) is 4.47 Å². The summed E-state index contributed by atoms with van der Waals surface area (Å²) in [6.45, 7) is -0.0715. The third-order valence-electron chi connectivity index (χ3n) is 1.98. The van der Waals surface area contributed by atoms with Crippen molar-refractivity contribution in [2.24, 2.45) is 0 Å². The number of halogens is 1. The maximum atomic E-state index is 11.4. The van der Waals surface area contributed by atoms with Gasteiger partial charge in [-0.1, -0.05) is 15.9 Å². The number of carboxylic acid groups (broad SMARTS) is 1. The van der Waals surface area contributed by atoms with Crippen LogP contribution in [0.3, 0.4) is 0 Å². The van der Waals surface area contributed by atoms with Gasteiger partial charge in [0.2, 0.25) is 0 Å². The zero-order valence-electron chi connectivity index (χ0n) is 10.1. The SMILES string of the molecule is O=C(O)COCCNC(=O)COc1ccc(Br)cc1. The molecule has 1 amide bonds. The summed E-state index contributed by atoms with van der Waals surface area (Å²) in [6.07, 6.45) is 0. The monoisotopic (exact) mass is 331 g/mol. The number of carbonyl (C=O) groups is 2. The molecule has 0 aliphatic heterocycles. The lowest BCUT2D eigenvalue weighted by Gasteiger charge is -2.07. The summed E-state index contributed by atoms with van der Waals surface area (Å²) < 4.78 is 10.9. The minimum absolute atomic E-state index is 0.0967. The van der Waals surface area contributed by atoms with Crippen LogP contribution in [0.25, 0.3) is 0 Å². The Morgan fingerprint density at radius 2 is 1.89 bits per heavy atom. The zero-order valence-corrected chi connectivity index (χ0v) is 11.7. The van der Waals surface area contributed by atoms with E-state index in [-0.39, 0.29) is 32.3 Å². The summed E-state index contributed by atoms with van der Waals surface area (Å²) in [5.74, 6) is -0.729. The molecule has 0 fully saturated rings. The molecule has 104 valence electrons. The molecule has 0 saturated carbocycles. The minimum Gasteiger partial charge on any atom is -0.484 e. The molecule has 0 unspecified atom stereocenters. The molecule has 0 bridgehead atoms. The van der Waals surface area contributed by atoms with Crippen molar-refractivity contribution in [3.63, 3.8) is 0 Å². The van der Waals surface area contributed by atoms with Crippen LogP contribution in [0.4, 0.5) is 0 Å². The van der Waals surface area contributed by atoms with E-state index in [2.05, 4.69) is 21.2 Å². The lowest BCUT2D eigenvalue weighted by Crippen LogP contribution is -2.32. The van der Waals surface area contributed by atoms with Gasteiger partial charge >= 0.3 is 5.97 Å². The molecular formula is C12H14BrNO5. The van der Waals surface area contributed by atoms with E-state index in [1.165, 1.54) is 0 Å². The molecule has 1 aromatic rings. The second-order valence-corrected chi connectivity index (χ2v) is 4.45. The number of carboxylic acids is 1. The van der Waals surface area contributed by atoms with E-state index in [9.17, 15) is 9.59 Å². The largest absolute Gasteiger partial charge is 0.484 e. The van der Waals surface area contributed by atoms with Gasteiger partial charge in [-0.2, -0.15) is 0 Å². The van der Waals surface area contributed by atoms with Crippen molar-refractivity contribution in [2.75, 3.05) is 26.4 Å². The zero-order chi connectivity index (χ0) is 14.1. The Kier molecular flexibility index (Phi) is 6.91. The molecule has 1 aromatic carbocycles. The van der Waals surface area contributed by atoms with Crippen molar-refractivity contribution >= 4 is 27.8 Å². The molecular weight excluding hydrogens is 318 g/mol. The first kappa shape index (κ1) is 15.5. The van der Waals surface area contributed by atoms with Gasteiger partial charge in [0.15, 0.2) is 6.61 Å². The molecule has 0 spiro atoms. The van der Waals surface area contributed by atoms with Crippen molar-refractivity contribution < 1.29 is 24.2 Å². The molecule has 0 radical (unpaired) electrons. The van der Waals surface area contributed by atoms with Crippen LogP contribution < -0.4 is 10.1 Å². The van der Waals surface area contributed by atoms with Crippen LogP contribution in [0.2, 0.25) is 0 Å². The van der Waals surface area contributed by atoms with Gasteiger partial charge in [-0.15, -0.1) is 0 Å². The Labute approximate surface area is 118 Å². The van der Waals surface area contributed by atoms with E-state index in [1.54, 1.807) is 12.1 Å². The lowest BCUT2D eigenvalue weighted by atomic mass is 10.3. The molecule has 1 rings (SSSR count). The Morgan fingerprint density at radius 3 is 2.53 bits per heavy atom. The molecule has 2 N–H and O–H groups in total. The highest BCUT2D eigenvalue weighted by Crippen LogP contribution is 2.15. The van der Waals surface area contributed by atoms with Crippen LogP contribution in [0.5, 0.6) is 5.75 Å². The second kappa shape index (κ2) is 8.49. The first-order chi connectivity index (χ1) is 9.08. The number of carbonyl (C=O) groups excluding carboxylic acids is 1. The first-order valence-corrected chi connectivity index (χ1v) is 6.32. The number of aliphatic carboxylic acids is 1. The highest BCUT2D eigenvalue weighted by molar-refractivity contribution is 9.10. The summed E-state index contributed by atoms with van der Waals surface area (Å²) in [6, 6.07) is 7.11. The third-order valence-corrected chi connectivity index (χ3v) is 2.51. The maximum absolute atomic E-state index is 11.4. The van der Waals surface area contributed by atoms with Crippen LogP contribution in [0.15, 0.2) is 28.7 Å². The number of benzene rings is 1. The predicted molar refractivity (Wildman–Crippen MR) is 71.1 cm³/mol. The van der Waals surface area contributed by atoms with Gasteiger partial charge in [0, 0.05) is 11.0 Å². The second-order valence-electron chi connectivity index (χ2n) is 3.54. The van der Waals surface area contributed by atoms with Crippen LogP contribution in [-0.4, -0.2) is 43.3 Å². The number of nitrogens with one attached hydrogen (secondary N) is 1. The summed E-state index contributed by atoms with van der Waals surface area (Å²) in [4.78, 5) is 21.5. The van der Waals surface area contributed by atoms with E-state index < -0.39 is 5.97 Å². The van der Waals surface area contributed by atoms with E-state index in [4.69, 9.17) is 14.6 Å². The van der Waals surface area contributed by atoms with Crippen molar-refractivity contribution in [1.82, 2.24) is 5.32 Å². The van der Waals surface area contributed by atoms with E-state index >= 15 is 0 Å². The fourth-order valence-corrected chi connectivity index (χ4v) is 1.42. The van der Waals surface area contributed by atoms with Crippen LogP contribution >= 0.6 is 15.9 Å². The molecule has 0 heterocycles. The summed E-state index contributed by atoms with van der Waals surface area (Å²) >= 11 is 3.29. The number of rotatable bonds is 8. The summed E-state index contributed by atoms with van der Waals surface area (Å²) in [5.41, 5.74) is 0.